The normalized spacial score (nSPS) is 19.9. The zero-order valence-electron chi connectivity index (χ0n) is 13.0. The van der Waals surface area contributed by atoms with E-state index in [2.05, 4.69) is 33.7 Å². The molecule has 120 valence electrons. The molecule has 2 aliphatic heterocycles. The number of para-hydroxylation sites is 1. The number of carbonyl (C=O) groups is 1. The summed E-state index contributed by atoms with van der Waals surface area (Å²) >= 11 is 0. The number of morpholine rings is 1. The molecule has 22 heavy (non-hydrogen) atoms. The average Bonchev–Trinajstić information content (AvgIpc) is 2.61. The van der Waals surface area contributed by atoms with Gasteiger partial charge in [-0.25, -0.2) is 0 Å². The lowest BCUT2D eigenvalue weighted by Gasteiger charge is -2.31. The summed E-state index contributed by atoms with van der Waals surface area (Å²) in [7, 11) is 0. The molecule has 2 heterocycles. The summed E-state index contributed by atoms with van der Waals surface area (Å²) in [5.41, 5.74) is 2.41. The third-order valence-corrected chi connectivity index (χ3v) is 4.51. The van der Waals surface area contributed by atoms with Crippen molar-refractivity contribution in [2.24, 2.45) is 5.92 Å². The summed E-state index contributed by atoms with van der Waals surface area (Å²) in [5.74, 6) is 0.357. The van der Waals surface area contributed by atoms with E-state index >= 15 is 0 Å². The Morgan fingerprint density at radius 2 is 1.95 bits per heavy atom. The Kier molecular flexibility index (Phi) is 5.29. The number of hydrogen-bond acceptors (Lipinski definition) is 4. The summed E-state index contributed by atoms with van der Waals surface area (Å²) < 4.78 is 5.42. The number of nitrogens with zero attached hydrogens (tertiary/aromatic N) is 1. The quantitative estimate of drug-likeness (QED) is 0.876. The van der Waals surface area contributed by atoms with Crippen molar-refractivity contribution in [3.63, 3.8) is 0 Å². The standard InChI is InChI=1S/C17H25N3O2/c21-17(14-5-7-18-8-6-14)19-13-15-3-1-2-4-16(15)20-9-11-22-12-10-20/h1-4,14,18H,5-13H2,(H,19,21). The van der Waals surface area contributed by atoms with Gasteiger partial charge in [0.05, 0.1) is 13.2 Å². The molecular weight excluding hydrogens is 278 g/mol. The highest BCUT2D eigenvalue weighted by Gasteiger charge is 2.21. The van der Waals surface area contributed by atoms with Crippen LogP contribution in [0.3, 0.4) is 0 Å². The second kappa shape index (κ2) is 7.61. The van der Waals surface area contributed by atoms with Gasteiger partial charge in [-0.2, -0.15) is 0 Å². The Bertz CT molecular complexity index is 494. The molecule has 2 fully saturated rings. The lowest BCUT2D eigenvalue weighted by atomic mass is 9.97. The molecule has 0 spiro atoms. The first-order valence-corrected chi connectivity index (χ1v) is 8.23. The van der Waals surface area contributed by atoms with Gasteiger partial charge in [-0.1, -0.05) is 18.2 Å². The predicted molar refractivity (Wildman–Crippen MR) is 86.9 cm³/mol. The van der Waals surface area contributed by atoms with Crippen LogP contribution in [0.2, 0.25) is 0 Å². The molecule has 0 unspecified atom stereocenters. The van der Waals surface area contributed by atoms with Crippen LogP contribution in [0.15, 0.2) is 24.3 Å². The van der Waals surface area contributed by atoms with E-state index in [4.69, 9.17) is 4.74 Å². The van der Waals surface area contributed by atoms with Gasteiger partial charge in [-0.15, -0.1) is 0 Å². The number of nitrogens with one attached hydrogen (secondary N) is 2. The lowest BCUT2D eigenvalue weighted by Crippen LogP contribution is -2.39. The molecule has 0 saturated carbocycles. The van der Waals surface area contributed by atoms with Crippen LogP contribution < -0.4 is 15.5 Å². The molecule has 3 rings (SSSR count). The van der Waals surface area contributed by atoms with Crippen LogP contribution in [0.4, 0.5) is 5.69 Å². The minimum absolute atomic E-state index is 0.164. The van der Waals surface area contributed by atoms with Crippen molar-refractivity contribution in [2.45, 2.75) is 19.4 Å². The molecule has 5 nitrogen and oxygen atoms in total. The Balaban J connectivity index is 1.60. The zero-order chi connectivity index (χ0) is 15.2. The fourth-order valence-electron chi connectivity index (χ4n) is 3.18. The van der Waals surface area contributed by atoms with Gasteiger partial charge >= 0.3 is 0 Å². The van der Waals surface area contributed by atoms with Crippen LogP contribution in [0.5, 0.6) is 0 Å². The lowest BCUT2D eigenvalue weighted by molar-refractivity contribution is -0.125. The van der Waals surface area contributed by atoms with Gasteiger partial charge in [0.1, 0.15) is 0 Å². The third-order valence-electron chi connectivity index (χ3n) is 4.51. The monoisotopic (exact) mass is 303 g/mol. The van der Waals surface area contributed by atoms with Gasteiger partial charge in [0.25, 0.3) is 0 Å². The van der Waals surface area contributed by atoms with Crippen molar-refractivity contribution < 1.29 is 9.53 Å². The minimum Gasteiger partial charge on any atom is -0.378 e. The Hall–Kier alpha value is -1.59. The largest absolute Gasteiger partial charge is 0.378 e. The molecule has 2 aliphatic rings. The van der Waals surface area contributed by atoms with E-state index < -0.39 is 0 Å². The van der Waals surface area contributed by atoms with Crippen LogP contribution in [0.25, 0.3) is 0 Å². The van der Waals surface area contributed by atoms with Gasteiger partial charge in [0, 0.05) is 31.2 Å². The number of ether oxygens (including phenoxy) is 1. The molecule has 0 atom stereocenters. The molecule has 0 aromatic heterocycles. The Morgan fingerprint density at radius 3 is 2.73 bits per heavy atom. The van der Waals surface area contributed by atoms with E-state index in [-0.39, 0.29) is 11.8 Å². The van der Waals surface area contributed by atoms with Crippen LogP contribution >= 0.6 is 0 Å². The number of piperidine rings is 1. The maximum atomic E-state index is 12.3. The van der Waals surface area contributed by atoms with E-state index in [1.54, 1.807) is 0 Å². The smallest absolute Gasteiger partial charge is 0.223 e. The summed E-state index contributed by atoms with van der Waals surface area (Å²) in [5, 5.41) is 6.42. The second-order valence-electron chi connectivity index (χ2n) is 5.97. The van der Waals surface area contributed by atoms with E-state index in [0.717, 1.165) is 52.2 Å². The number of carbonyl (C=O) groups excluding carboxylic acids is 1. The van der Waals surface area contributed by atoms with Crippen molar-refractivity contribution in [3.05, 3.63) is 29.8 Å². The first kappa shape index (κ1) is 15.3. The maximum absolute atomic E-state index is 12.3. The summed E-state index contributed by atoms with van der Waals surface area (Å²) in [6, 6.07) is 8.34. The van der Waals surface area contributed by atoms with E-state index in [1.807, 2.05) is 6.07 Å². The van der Waals surface area contributed by atoms with Crippen molar-refractivity contribution in [3.8, 4) is 0 Å². The van der Waals surface area contributed by atoms with Crippen LogP contribution in [-0.2, 0) is 16.1 Å². The van der Waals surface area contributed by atoms with Crippen molar-refractivity contribution in [1.82, 2.24) is 10.6 Å². The molecule has 1 aromatic carbocycles. The molecule has 2 saturated heterocycles. The second-order valence-corrected chi connectivity index (χ2v) is 5.97. The first-order valence-electron chi connectivity index (χ1n) is 8.23. The fraction of sp³-hybridized carbons (Fsp3) is 0.588. The Morgan fingerprint density at radius 1 is 1.23 bits per heavy atom. The van der Waals surface area contributed by atoms with Crippen molar-refractivity contribution in [1.29, 1.82) is 0 Å². The van der Waals surface area contributed by atoms with Gasteiger partial charge in [0.2, 0.25) is 5.91 Å². The highest BCUT2D eigenvalue weighted by atomic mass is 16.5. The SMILES string of the molecule is O=C(NCc1ccccc1N1CCOCC1)C1CCNCC1. The zero-order valence-corrected chi connectivity index (χ0v) is 13.0. The number of amides is 1. The minimum atomic E-state index is 0.164. The molecule has 0 bridgehead atoms. The van der Waals surface area contributed by atoms with Crippen LogP contribution in [0, 0.1) is 5.92 Å². The highest BCUT2D eigenvalue weighted by molar-refractivity contribution is 5.79. The van der Waals surface area contributed by atoms with Gasteiger partial charge in [-0.3, -0.25) is 4.79 Å². The summed E-state index contributed by atoms with van der Waals surface area (Å²) in [6.07, 6.45) is 1.88. The molecular formula is C17H25N3O2. The average molecular weight is 303 g/mol. The first-order chi connectivity index (χ1) is 10.8. The van der Waals surface area contributed by atoms with Crippen molar-refractivity contribution >= 4 is 11.6 Å². The number of anilines is 1. The van der Waals surface area contributed by atoms with Gasteiger partial charge in [-0.05, 0) is 37.6 Å². The van der Waals surface area contributed by atoms with Crippen molar-refractivity contribution in [2.75, 3.05) is 44.3 Å². The molecule has 2 N–H and O–H groups in total. The van der Waals surface area contributed by atoms with Crippen LogP contribution in [0.1, 0.15) is 18.4 Å². The van der Waals surface area contributed by atoms with Crippen LogP contribution in [-0.4, -0.2) is 45.3 Å². The molecule has 5 heteroatoms. The molecule has 0 aliphatic carbocycles. The summed E-state index contributed by atoms with van der Waals surface area (Å²) in [4.78, 5) is 14.6. The van der Waals surface area contributed by atoms with E-state index in [1.165, 1.54) is 11.3 Å². The highest BCUT2D eigenvalue weighted by Crippen LogP contribution is 2.21. The molecule has 0 radical (unpaired) electrons. The fourth-order valence-corrected chi connectivity index (χ4v) is 3.18. The van der Waals surface area contributed by atoms with Gasteiger partial charge in [0.15, 0.2) is 0 Å². The number of benzene rings is 1. The Labute approximate surface area is 132 Å². The number of hydrogen-bond donors (Lipinski definition) is 2. The maximum Gasteiger partial charge on any atom is 0.223 e. The predicted octanol–water partition coefficient (Wildman–Crippen LogP) is 1.14. The number of rotatable bonds is 4. The molecule has 1 amide bonds. The van der Waals surface area contributed by atoms with Gasteiger partial charge < -0.3 is 20.3 Å². The summed E-state index contributed by atoms with van der Waals surface area (Å²) in [6.45, 7) is 5.88. The van der Waals surface area contributed by atoms with E-state index in [0.29, 0.717) is 6.54 Å². The van der Waals surface area contributed by atoms with E-state index in [9.17, 15) is 4.79 Å². The molecule has 1 aromatic rings. The topological polar surface area (TPSA) is 53.6 Å². The third kappa shape index (κ3) is 3.78.